The van der Waals surface area contributed by atoms with Gasteiger partial charge < -0.3 is 4.74 Å². The summed E-state index contributed by atoms with van der Waals surface area (Å²) in [6.07, 6.45) is 12.1. The Morgan fingerprint density at radius 1 is 1.03 bits per heavy atom. The minimum Gasteiger partial charge on any atom is -0.375 e. The first-order valence-electron chi connectivity index (χ1n) is 12.8. The quantitative estimate of drug-likeness (QED) is 0.425. The van der Waals surface area contributed by atoms with Crippen LogP contribution < -0.4 is 0 Å². The Balaban J connectivity index is 0.000000286. The Kier molecular flexibility index (Phi) is 9.50. The fourth-order valence-corrected chi connectivity index (χ4v) is 5.22. The van der Waals surface area contributed by atoms with Crippen molar-refractivity contribution in [3.05, 3.63) is 76.9 Å². The average Bonchev–Trinajstić information content (AvgIpc) is 3.29. The molecular weight excluding hydrogens is 402 g/mol. The number of aliphatic imine (C=N–C) groups is 1. The van der Waals surface area contributed by atoms with Crippen LogP contribution in [0.4, 0.5) is 0 Å². The summed E-state index contributed by atoms with van der Waals surface area (Å²) < 4.78 is 6.05. The van der Waals surface area contributed by atoms with Crippen LogP contribution in [0.2, 0.25) is 0 Å². The fraction of sp³-hybridized carbons (Fsp3) is 0.516. The fourth-order valence-electron chi connectivity index (χ4n) is 5.22. The molecule has 1 aliphatic carbocycles. The van der Waals surface area contributed by atoms with Crippen molar-refractivity contribution in [2.45, 2.75) is 84.7 Å². The van der Waals surface area contributed by atoms with Gasteiger partial charge in [-0.05, 0) is 106 Å². The van der Waals surface area contributed by atoms with Crippen LogP contribution in [0, 0.1) is 19.8 Å². The molecule has 2 heteroatoms. The van der Waals surface area contributed by atoms with Crippen molar-refractivity contribution in [3.8, 4) is 0 Å². The van der Waals surface area contributed by atoms with E-state index in [1.807, 2.05) is 7.05 Å². The van der Waals surface area contributed by atoms with E-state index >= 15 is 0 Å². The molecule has 33 heavy (non-hydrogen) atoms. The second-order valence-electron chi connectivity index (χ2n) is 9.97. The Labute approximate surface area is 202 Å². The summed E-state index contributed by atoms with van der Waals surface area (Å²) in [6, 6.07) is 17.3. The number of nitrogens with zero attached hydrogens (tertiary/aromatic N) is 1. The van der Waals surface area contributed by atoms with E-state index in [2.05, 4.69) is 87.3 Å². The third-order valence-corrected chi connectivity index (χ3v) is 7.52. The molecule has 0 amide bonds. The van der Waals surface area contributed by atoms with E-state index in [1.165, 1.54) is 72.1 Å². The Bertz CT molecular complexity index is 922. The Morgan fingerprint density at radius 2 is 1.73 bits per heavy atom. The molecule has 1 heterocycles. The summed E-state index contributed by atoms with van der Waals surface area (Å²) in [4.78, 5) is 4.56. The first kappa shape index (κ1) is 25.4. The molecule has 1 aliphatic heterocycles. The number of aryl methyl sites for hydroxylation is 3. The van der Waals surface area contributed by atoms with Gasteiger partial charge in [-0.3, -0.25) is 4.99 Å². The molecule has 1 saturated carbocycles. The van der Waals surface area contributed by atoms with Crippen LogP contribution in [0.1, 0.15) is 81.0 Å². The smallest absolute Gasteiger partial charge is 0.0683 e. The highest BCUT2D eigenvalue weighted by molar-refractivity contribution is 6.00. The van der Waals surface area contributed by atoms with Gasteiger partial charge in [-0.25, -0.2) is 0 Å². The van der Waals surface area contributed by atoms with Gasteiger partial charge in [0.15, 0.2) is 0 Å². The van der Waals surface area contributed by atoms with Crippen LogP contribution in [0.15, 0.2) is 59.6 Å². The van der Waals surface area contributed by atoms with Crippen LogP contribution in [0.25, 0.3) is 5.57 Å². The average molecular weight is 446 g/mol. The van der Waals surface area contributed by atoms with Crippen molar-refractivity contribution < 1.29 is 4.74 Å². The number of hydrogen-bond donors (Lipinski definition) is 0. The van der Waals surface area contributed by atoms with Crippen LogP contribution in [0.3, 0.4) is 0 Å². The van der Waals surface area contributed by atoms with Gasteiger partial charge in [-0.15, -0.1) is 0 Å². The molecule has 0 radical (unpaired) electrons. The highest BCUT2D eigenvalue weighted by Gasteiger charge is 2.38. The SMILES string of the molecule is CCc1ccccc1C.CN=C(/C=C(\C)c1ccc(C)cc1)CC1CCC2(CCCO2)CC1. The minimum absolute atomic E-state index is 0.244. The van der Waals surface area contributed by atoms with Crippen molar-refractivity contribution in [2.24, 2.45) is 10.9 Å². The zero-order chi connectivity index (χ0) is 23.7. The summed E-state index contributed by atoms with van der Waals surface area (Å²) in [7, 11) is 1.93. The molecule has 2 fully saturated rings. The molecule has 0 unspecified atom stereocenters. The lowest BCUT2D eigenvalue weighted by molar-refractivity contribution is -0.0340. The second-order valence-corrected chi connectivity index (χ2v) is 9.97. The molecule has 0 bridgehead atoms. The van der Waals surface area contributed by atoms with Crippen molar-refractivity contribution in [3.63, 3.8) is 0 Å². The molecule has 178 valence electrons. The van der Waals surface area contributed by atoms with Crippen molar-refractivity contribution >= 4 is 11.3 Å². The van der Waals surface area contributed by atoms with Gasteiger partial charge >= 0.3 is 0 Å². The summed E-state index contributed by atoms with van der Waals surface area (Å²) in [5.41, 5.74) is 8.25. The number of hydrogen-bond acceptors (Lipinski definition) is 2. The second kappa shape index (κ2) is 12.3. The minimum atomic E-state index is 0.244. The first-order chi connectivity index (χ1) is 15.9. The van der Waals surface area contributed by atoms with E-state index in [0.29, 0.717) is 0 Å². The molecule has 2 nitrogen and oxygen atoms in total. The van der Waals surface area contributed by atoms with Crippen molar-refractivity contribution in [1.29, 1.82) is 0 Å². The largest absolute Gasteiger partial charge is 0.375 e. The third kappa shape index (κ3) is 7.40. The Hall–Kier alpha value is -2.19. The molecule has 1 saturated heterocycles. The standard InChI is InChI=1S/C22H31NO.C9H12/c1-17-5-7-20(8-6-17)18(2)15-21(23-3)16-19-9-12-22(13-10-19)11-4-14-24-22;1-3-9-7-5-4-6-8(9)2/h5-8,15,19H,4,9-14,16H2,1-3H3;4-7H,3H2,1-2H3/b18-15+,23-21?;. The predicted molar refractivity (Wildman–Crippen MR) is 143 cm³/mol. The van der Waals surface area contributed by atoms with Gasteiger partial charge in [0.25, 0.3) is 0 Å². The zero-order valence-corrected chi connectivity index (χ0v) is 21.5. The normalized spacial score (nSPS) is 23.4. The topological polar surface area (TPSA) is 21.6 Å². The molecule has 2 aromatic carbocycles. The number of benzene rings is 2. The van der Waals surface area contributed by atoms with E-state index in [0.717, 1.165) is 25.4 Å². The van der Waals surface area contributed by atoms with Gasteiger partial charge in [0.2, 0.25) is 0 Å². The van der Waals surface area contributed by atoms with Gasteiger partial charge in [-0.2, -0.15) is 0 Å². The van der Waals surface area contributed by atoms with E-state index in [-0.39, 0.29) is 5.60 Å². The lowest BCUT2D eigenvalue weighted by Crippen LogP contribution is -2.33. The van der Waals surface area contributed by atoms with Gasteiger partial charge in [0.05, 0.1) is 5.60 Å². The highest BCUT2D eigenvalue weighted by atomic mass is 16.5. The molecule has 2 aromatic rings. The van der Waals surface area contributed by atoms with Gasteiger partial charge in [0.1, 0.15) is 0 Å². The van der Waals surface area contributed by atoms with Crippen molar-refractivity contribution in [1.82, 2.24) is 0 Å². The van der Waals surface area contributed by atoms with E-state index < -0.39 is 0 Å². The lowest BCUT2D eigenvalue weighted by Gasteiger charge is -2.36. The van der Waals surface area contributed by atoms with Crippen LogP contribution in [-0.2, 0) is 11.2 Å². The summed E-state index contributed by atoms with van der Waals surface area (Å²) in [5.74, 6) is 0.764. The van der Waals surface area contributed by atoms with Crippen LogP contribution >= 0.6 is 0 Å². The third-order valence-electron chi connectivity index (χ3n) is 7.52. The van der Waals surface area contributed by atoms with Crippen LogP contribution in [-0.4, -0.2) is 25.0 Å². The molecule has 4 rings (SSSR count). The maximum Gasteiger partial charge on any atom is 0.0683 e. The summed E-state index contributed by atoms with van der Waals surface area (Å²) in [6.45, 7) is 9.63. The monoisotopic (exact) mass is 445 g/mol. The maximum absolute atomic E-state index is 6.05. The molecule has 2 aliphatic rings. The Morgan fingerprint density at radius 3 is 2.27 bits per heavy atom. The number of rotatable bonds is 5. The number of allylic oxidation sites excluding steroid dienone is 2. The lowest BCUT2D eigenvalue weighted by atomic mass is 9.75. The molecule has 1 spiro atoms. The van der Waals surface area contributed by atoms with Gasteiger partial charge in [0, 0.05) is 19.4 Å². The van der Waals surface area contributed by atoms with E-state index in [1.54, 1.807) is 0 Å². The number of ether oxygens (including phenoxy) is 1. The highest BCUT2D eigenvalue weighted by Crippen LogP contribution is 2.42. The van der Waals surface area contributed by atoms with Crippen LogP contribution in [0.5, 0.6) is 0 Å². The zero-order valence-electron chi connectivity index (χ0n) is 21.5. The summed E-state index contributed by atoms with van der Waals surface area (Å²) >= 11 is 0. The maximum atomic E-state index is 6.05. The van der Waals surface area contributed by atoms with E-state index in [4.69, 9.17) is 4.74 Å². The molecule has 0 N–H and O–H groups in total. The summed E-state index contributed by atoms with van der Waals surface area (Å²) in [5, 5.41) is 0. The molecule has 0 aromatic heterocycles. The first-order valence-corrected chi connectivity index (χ1v) is 12.8. The van der Waals surface area contributed by atoms with Crippen molar-refractivity contribution in [2.75, 3.05) is 13.7 Å². The van der Waals surface area contributed by atoms with Gasteiger partial charge in [-0.1, -0.05) is 61.0 Å². The molecule has 0 atom stereocenters. The predicted octanol–water partition coefficient (Wildman–Crippen LogP) is 8.16. The molecular formula is C31H43NO. The van der Waals surface area contributed by atoms with E-state index in [9.17, 15) is 0 Å².